The number of halogens is 1. The monoisotopic (exact) mass is 268 g/mol. The van der Waals surface area contributed by atoms with Crippen molar-refractivity contribution >= 4 is 23.2 Å². The first-order chi connectivity index (χ1) is 8.63. The lowest BCUT2D eigenvalue weighted by Gasteiger charge is -2.29. The summed E-state index contributed by atoms with van der Waals surface area (Å²) >= 11 is 5.75. The van der Waals surface area contributed by atoms with Gasteiger partial charge in [0.1, 0.15) is 5.15 Å². The quantitative estimate of drug-likeness (QED) is 0.806. The van der Waals surface area contributed by atoms with Crippen LogP contribution in [0.25, 0.3) is 0 Å². The van der Waals surface area contributed by atoms with Crippen LogP contribution in [-0.4, -0.2) is 41.5 Å². The normalized spacial score (nSPS) is 17.7. The lowest BCUT2D eigenvalue weighted by atomic mass is 10.1. The van der Waals surface area contributed by atoms with Crippen LogP contribution in [0.3, 0.4) is 0 Å². The molecule has 0 bridgehead atoms. The molecule has 1 amide bonds. The van der Waals surface area contributed by atoms with E-state index in [0.29, 0.717) is 17.4 Å². The standard InChI is InChI=1S/C12H17ClN4O/c13-11-7-10(1-4-15-11)16-12(18)8-17-5-2-9(14)3-6-17/h1,4,7,9H,2-3,5-6,8,14H2,(H,15,16,18). The second-order valence-corrected chi connectivity index (χ2v) is 4.92. The fourth-order valence-corrected chi connectivity index (χ4v) is 2.17. The van der Waals surface area contributed by atoms with Crippen molar-refractivity contribution in [2.75, 3.05) is 25.0 Å². The number of nitrogens with one attached hydrogen (secondary N) is 1. The Bertz CT molecular complexity index is 418. The van der Waals surface area contributed by atoms with Crippen molar-refractivity contribution in [1.29, 1.82) is 0 Å². The van der Waals surface area contributed by atoms with Crippen LogP contribution in [-0.2, 0) is 4.79 Å². The van der Waals surface area contributed by atoms with Crippen molar-refractivity contribution in [1.82, 2.24) is 9.88 Å². The number of rotatable bonds is 3. The molecule has 3 N–H and O–H groups in total. The number of hydrogen-bond donors (Lipinski definition) is 2. The third-order valence-corrected chi connectivity index (χ3v) is 3.22. The van der Waals surface area contributed by atoms with Crippen LogP contribution in [0.1, 0.15) is 12.8 Å². The lowest BCUT2D eigenvalue weighted by Crippen LogP contribution is -2.43. The minimum atomic E-state index is -0.0345. The van der Waals surface area contributed by atoms with Gasteiger partial charge < -0.3 is 11.1 Å². The van der Waals surface area contributed by atoms with Crippen LogP contribution in [0.2, 0.25) is 5.15 Å². The van der Waals surface area contributed by atoms with Crippen LogP contribution in [0, 0.1) is 0 Å². The van der Waals surface area contributed by atoms with Crippen LogP contribution in [0.15, 0.2) is 18.3 Å². The number of piperidine rings is 1. The summed E-state index contributed by atoms with van der Waals surface area (Å²) in [5.41, 5.74) is 6.49. The summed E-state index contributed by atoms with van der Waals surface area (Å²) in [4.78, 5) is 17.8. The van der Waals surface area contributed by atoms with Crippen molar-refractivity contribution in [2.45, 2.75) is 18.9 Å². The van der Waals surface area contributed by atoms with Gasteiger partial charge in [0.15, 0.2) is 0 Å². The van der Waals surface area contributed by atoms with E-state index in [4.69, 9.17) is 17.3 Å². The molecule has 1 aliphatic rings. The van der Waals surface area contributed by atoms with E-state index in [1.54, 1.807) is 18.3 Å². The van der Waals surface area contributed by atoms with Gasteiger partial charge in [-0.25, -0.2) is 4.98 Å². The molecule has 1 fully saturated rings. The molecule has 0 unspecified atom stereocenters. The van der Waals surface area contributed by atoms with Gasteiger partial charge in [-0.15, -0.1) is 0 Å². The highest BCUT2D eigenvalue weighted by Gasteiger charge is 2.18. The fraction of sp³-hybridized carbons (Fsp3) is 0.500. The maximum absolute atomic E-state index is 11.8. The van der Waals surface area contributed by atoms with E-state index in [9.17, 15) is 4.79 Å². The summed E-state index contributed by atoms with van der Waals surface area (Å²) in [5, 5.41) is 3.18. The Morgan fingerprint density at radius 2 is 2.28 bits per heavy atom. The SMILES string of the molecule is NC1CCN(CC(=O)Nc2ccnc(Cl)c2)CC1. The highest BCUT2D eigenvalue weighted by atomic mass is 35.5. The molecule has 1 aromatic rings. The highest BCUT2D eigenvalue weighted by Crippen LogP contribution is 2.12. The molecule has 2 heterocycles. The number of amides is 1. The molecule has 2 rings (SSSR count). The smallest absolute Gasteiger partial charge is 0.238 e. The molecule has 0 spiro atoms. The fourth-order valence-electron chi connectivity index (χ4n) is 1.99. The van der Waals surface area contributed by atoms with Crippen LogP contribution in [0.4, 0.5) is 5.69 Å². The van der Waals surface area contributed by atoms with Crippen LogP contribution in [0.5, 0.6) is 0 Å². The maximum Gasteiger partial charge on any atom is 0.238 e. The molecule has 1 aliphatic heterocycles. The van der Waals surface area contributed by atoms with Crippen molar-refractivity contribution < 1.29 is 4.79 Å². The zero-order chi connectivity index (χ0) is 13.0. The molecule has 1 aromatic heterocycles. The zero-order valence-electron chi connectivity index (χ0n) is 10.1. The van der Waals surface area contributed by atoms with Crippen LogP contribution < -0.4 is 11.1 Å². The predicted molar refractivity (Wildman–Crippen MR) is 71.5 cm³/mol. The summed E-state index contributed by atoms with van der Waals surface area (Å²) in [7, 11) is 0. The Labute approximate surface area is 111 Å². The zero-order valence-corrected chi connectivity index (χ0v) is 10.9. The molecular formula is C12H17ClN4O. The van der Waals surface area contributed by atoms with Gasteiger partial charge in [-0.3, -0.25) is 9.69 Å². The summed E-state index contributed by atoms with van der Waals surface area (Å²) in [6.07, 6.45) is 3.47. The number of nitrogens with two attached hydrogens (primary N) is 1. The van der Waals surface area contributed by atoms with E-state index in [0.717, 1.165) is 25.9 Å². The van der Waals surface area contributed by atoms with E-state index in [-0.39, 0.29) is 11.9 Å². The molecule has 18 heavy (non-hydrogen) atoms. The van der Waals surface area contributed by atoms with Gasteiger partial charge in [-0.1, -0.05) is 11.6 Å². The van der Waals surface area contributed by atoms with E-state index in [1.165, 1.54) is 0 Å². The molecule has 1 saturated heterocycles. The Morgan fingerprint density at radius 1 is 1.56 bits per heavy atom. The van der Waals surface area contributed by atoms with Gasteiger partial charge >= 0.3 is 0 Å². The van der Waals surface area contributed by atoms with E-state index >= 15 is 0 Å². The number of hydrogen-bond acceptors (Lipinski definition) is 4. The van der Waals surface area contributed by atoms with Gasteiger partial charge in [0, 0.05) is 31.0 Å². The van der Waals surface area contributed by atoms with Crippen LogP contribution >= 0.6 is 11.6 Å². The van der Waals surface area contributed by atoms with Crippen molar-refractivity contribution in [2.24, 2.45) is 5.73 Å². The minimum Gasteiger partial charge on any atom is -0.328 e. The number of carbonyl (C=O) groups is 1. The predicted octanol–water partition coefficient (Wildman–Crippen LogP) is 1.10. The van der Waals surface area contributed by atoms with Crippen molar-refractivity contribution in [3.05, 3.63) is 23.5 Å². The average molecular weight is 269 g/mol. The summed E-state index contributed by atoms with van der Waals surface area (Å²) < 4.78 is 0. The molecule has 5 nitrogen and oxygen atoms in total. The average Bonchev–Trinajstić information content (AvgIpc) is 2.32. The molecule has 0 radical (unpaired) electrons. The minimum absolute atomic E-state index is 0.0345. The van der Waals surface area contributed by atoms with Gasteiger partial charge in [0.25, 0.3) is 0 Å². The summed E-state index contributed by atoms with van der Waals surface area (Å²) in [5.74, 6) is -0.0345. The third kappa shape index (κ3) is 3.94. The molecule has 0 atom stereocenters. The highest BCUT2D eigenvalue weighted by molar-refractivity contribution is 6.29. The molecule has 0 aromatic carbocycles. The second-order valence-electron chi connectivity index (χ2n) is 4.53. The maximum atomic E-state index is 11.8. The lowest BCUT2D eigenvalue weighted by molar-refractivity contribution is -0.117. The molecule has 0 saturated carbocycles. The molecule has 98 valence electrons. The first kappa shape index (κ1) is 13.3. The second kappa shape index (κ2) is 6.13. The summed E-state index contributed by atoms with van der Waals surface area (Å²) in [6, 6.07) is 3.63. The number of anilines is 1. The van der Waals surface area contributed by atoms with Crippen molar-refractivity contribution in [3.63, 3.8) is 0 Å². The van der Waals surface area contributed by atoms with Gasteiger partial charge in [0.2, 0.25) is 5.91 Å². The number of pyridine rings is 1. The molecular weight excluding hydrogens is 252 g/mol. The topological polar surface area (TPSA) is 71.2 Å². The third-order valence-electron chi connectivity index (χ3n) is 3.01. The molecule has 6 heteroatoms. The number of carbonyl (C=O) groups excluding carboxylic acids is 1. The van der Waals surface area contributed by atoms with Gasteiger partial charge in [0.05, 0.1) is 6.54 Å². The number of aromatic nitrogens is 1. The van der Waals surface area contributed by atoms with E-state index < -0.39 is 0 Å². The van der Waals surface area contributed by atoms with E-state index in [2.05, 4.69) is 15.2 Å². The number of likely N-dealkylation sites (tertiary alicyclic amines) is 1. The molecule has 0 aliphatic carbocycles. The van der Waals surface area contributed by atoms with E-state index in [1.807, 2.05) is 0 Å². The Balaban J connectivity index is 1.82. The van der Waals surface area contributed by atoms with Gasteiger partial charge in [-0.05, 0) is 25.0 Å². The Morgan fingerprint density at radius 3 is 2.94 bits per heavy atom. The first-order valence-electron chi connectivity index (χ1n) is 6.03. The Kier molecular flexibility index (Phi) is 4.52. The van der Waals surface area contributed by atoms with Gasteiger partial charge in [-0.2, -0.15) is 0 Å². The Hall–Kier alpha value is -1.17. The van der Waals surface area contributed by atoms with Crippen molar-refractivity contribution in [3.8, 4) is 0 Å². The largest absolute Gasteiger partial charge is 0.328 e. The first-order valence-corrected chi connectivity index (χ1v) is 6.40. The summed E-state index contributed by atoms with van der Waals surface area (Å²) in [6.45, 7) is 2.16. The number of nitrogens with zero attached hydrogens (tertiary/aromatic N) is 2.